The minimum absolute atomic E-state index is 0.460. The zero-order valence-corrected chi connectivity index (χ0v) is 10.6. The van der Waals surface area contributed by atoms with Crippen molar-refractivity contribution in [1.29, 1.82) is 0 Å². The van der Waals surface area contributed by atoms with E-state index in [-0.39, 0.29) is 0 Å². The van der Waals surface area contributed by atoms with E-state index in [1.165, 1.54) is 0 Å². The van der Waals surface area contributed by atoms with Crippen molar-refractivity contribution in [2.45, 2.75) is 39.5 Å². The monoisotopic (exact) mass is 232 g/mol. The molecule has 0 saturated carbocycles. The second-order valence-corrected chi connectivity index (χ2v) is 4.28. The van der Waals surface area contributed by atoms with Crippen LogP contribution in [0.25, 0.3) is 5.57 Å². The minimum Gasteiger partial charge on any atom is -0.478 e. The van der Waals surface area contributed by atoms with Gasteiger partial charge >= 0.3 is 5.97 Å². The van der Waals surface area contributed by atoms with Crippen molar-refractivity contribution >= 4 is 11.5 Å². The van der Waals surface area contributed by atoms with Crippen LogP contribution in [0, 0.1) is 0 Å². The highest BCUT2D eigenvalue weighted by atomic mass is 16.4. The van der Waals surface area contributed by atoms with E-state index < -0.39 is 5.97 Å². The van der Waals surface area contributed by atoms with Gasteiger partial charge in [-0.2, -0.15) is 0 Å². The smallest absolute Gasteiger partial charge is 0.336 e. The summed E-state index contributed by atoms with van der Waals surface area (Å²) in [5, 5.41) is 9.30. The summed E-state index contributed by atoms with van der Waals surface area (Å²) >= 11 is 0. The van der Waals surface area contributed by atoms with Gasteiger partial charge in [-0.15, -0.1) is 0 Å². The molecular formula is C15H20O2. The highest BCUT2D eigenvalue weighted by Crippen LogP contribution is 2.22. The molecule has 1 N–H and O–H groups in total. The average Bonchev–Trinajstić information content (AvgIpc) is 2.30. The lowest BCUT2D eigenvalue weighted by Crippen LogP contribution is -2.02. The topological polar surface area (TPSA) is 37.3 Å². The molecule has 0 radical (unpaired) electrons. The standard InChI is InChI=1S/C15H20O2/c1-3-4-6-9-12(2)14(15(16)17)13-10-7-5-8-11-13/h5,7-8,10-11H,3-4,6,9H2,1-2H3,(H,16,17). The van der Waals surface area contributed by atoms with Crippen LogP contribution in [0.4, 0.5) is 0 Å². The van der Waals surface area contributed by atoms with Crippen LogP contribution in [0.3, 0.4) is 0 Å². The molecular weight excluding hydrogens is 212 g/mol. The molecule has 1 aromatic rings. The van der Waals surface area contributed by atoms with Gasteiger partial charge in [-0.1, -0.05) is 55.7 Å². The first-order chi connectivity index (χ1) is 8.16. The maximum absolute atomic E-state index is 11.3. The summed E-state index contributed by atoms with van der Waals surface area (Å²) in [5.74, 6) is -0.829. The van der Waals surface area contributed by atoms with Gasteiger partial charge in [-0.05, 0) is 25.3 Å². The molecule has 0 saturated heterocycles. The molecule has 0 aliphatic heterocycles. The zero-order chi connectivity index (χ0) is 12.7. The van der Waals surface area contributed by atoms with Crippen molar-refractivity contribution in [1.82, 2.24) is 0 Å². The van der Waals surface area contributed by atoms with Crippen LogP contribution < -0.4 is 0 Å². The van der Waals surface area contributed by atoms with E-state index in [0.717, 1.165) is 36.8 Å². The molecule has 1 rings (SSSR count). The lowest BCUT2D eigenvalue weighted by molar-refractivity contribution is -0.130. The molecule has 92 valence electrons. The quantitative estimate of drug-likeness (QED) is 0.591. The third-order valence-electron chi connectivity index (χ3n) is 2.86. The predicted molar refractivity (Wildman–Crippen MR) is 70.8 cm³/mol. The summed E-state index contributed by atoms with van der Waals surface area (Å²) in [6, 6.07) is 9.35. The number of unbranched alkanes of at least 4 members (excludes halogenated alkanes) is 2. The van der Waals surface area contributed by atoms with Gasteiger partial charge in [0.1, 0.15) is 0 Å². The number of allylic oxidation sites excluding steroid dienone is 1. The predicted octanol–water partition coefficient (Wildman–Crippen LogP) is 4.13. The van der Waals surface area contributed by atoms with Gasteiger partial charge in [0.15, 0.2) is 0 Å². The summed E-state index contributed by atoms with van der Waals surface area (Å²) in [4.78, 5) is 11.3. The van der Waals surface area contributed by atoms with Gasteiger partial charge in [0, 0.05) is 0 Å². The Morgan fingerprint density at radius 3 is 2.35 bits per heavy atom. The Morgan fingerprint density at radius 1 is 1.18 bits per heavy atom. The van der Waals surface area contributed by atoms with E-state index in [1.807, 2.05) is 37.3 Å². The first kappa shape index (κ1) is 13.5. The van der Waals surface area contributed by atoms with E-state index >= 15 is 0 Å². The molecule has 0 unspecified atom stereocenters. The Bertz CT molecular complexity index is 391. The third-order valence-corrected chi connectivity index (χ3v) is 2.86. The van der Waals surface area contributed by atoms with E-state index in [9.17, 15) is 9.90 Å². The van der Waals surface area contributed by atoms with Crippen molar-refractivity contribution in [2.24, 2.45) is 0 Å². The van der Waals surface area contributed by atoms with Gasteiger partial charge in [0.25, 0.3) is 0 Å². The van der Waals surface area contributed by atoms with Crippen molar-refractivity contribution < 1.29 is 9.90 Å². The number of hydrogen-bond donors (Lipinski definition) is 1. The largest absolute Gasteiger partial charge is 0.478 e. The first-order valence-corrected chi connectivity index (χ1v) is 6.15. The van der Waals surface area contributed by atoms with Crippen LogP contribution in [-0.2, 0) is 4.79 Å². The molecule has 0 aliphatic rings. The van der Waals surface area contributed by atoms with Gasteiger partial charge in [-0.3, -0.25) is 0 Å². The molecule has 0 atom stereocenters. The van der Waals surface area contributed by atoms with Crippen molar-refractivity contribution in [3.05, 3.63) is 41.5 Å². The van der Waals surface area contributed by atoms with Crippen LogP contribution in [0.15, 0.2) is 35.9 Å². The maximum Gasteiger partial charge on any atom is 0.336 e. The Morgan fingerprint density at radius 2 is 1.82 bits per heavy atom. The van der Waals surface area contributed by atoms with Crippen molar-refractivity contribution in [3.8, 4) is 0 Å². The van der Waals surface area contributed by atoms with E-state index in [0.29, 0.717) is 5.57 Å². The Hall–Kier alpha value is -1.57. The summed E-state index contributed by atoms with van der Waals surface area (Å²) in [7, 11) is 0. The molecule has 2 nitrogen and oxygen atoms in total. The SMILES string of the molecule is CCCCCC(C)=C(C(=O)O)c1ccccc1. The van der Waals surface area contributed by atoms with Crippen LogP contribution in [0.2, 0.25) is 0 Å². The molecule has 0 amide bonds. The van der Waals surface area contributed by atoms with Crippen molar-refractivity contribution in [2.75, 3.05) is 0 Å². The summed E-state index contributed by atoms with van der Waals surface area (Å²) < 4.78 is 0. The molecule has 2 heteroatoms. The fourth-order valence-corrected chi connectivity index (χ4v) is 1.92. The number of carboxylic acid groups (broad SMARTS) is 1. The first-order valence-electron chi connectivity index (χ1n) is 6.15. The lowest BCUT2D eigenvalue weighted by Gasteiger charge is -2.08. The number of carbonyl (C=O) groups is 1. The number of benzene rings is 1. The molecule has 1 aromatic carbocycles. The molecule has 0 spiro atoms. The molecule has 0 bridgehead atoms. The molecule has 17 heavy (non-hydrogen) atoms. The Balaban J connectivity index is 2.92. The zero-order valence-electron chi connectivity index (χ0n) is 10.6. The highest BCUT2D eigenvalue weighted by Gasteiger charge is 2.13. The summed E-state index contributed by atoms with van der Waals surface area (Å²) in [6.45, 7) is 4.07. The number of hydrogen-bond acceptors (Lipinski definition) is 1. The average molecular weight is 232 g/mol. The number of carboxylic acids is 1. The van der Waals surface area contributed by atoms with Gasteiger partial charge < -0.3 is 5.11 Å². The second-order valence-electron chi connectivity index (χ2n) is 4.28. The van der Waals surface area contributed by atoms with Crippen LogP contribution >= 0.6 is 0 Å². The number of aliphatic carboxylic acids is 1. The Kier molecular flexibility index (Phi) is 5.47. The third kappa shape index (κ3) is 4.06. The Labute approximate surface area is 103 Å². The van der Waals surface area contributed by atoms with E-state index in [1.54, 1.807) is 0 Å². The fraction of sp³-hybridized carbons (Fsp3) is 0.400. The van der Waals surface area contributed by atoms with Crippen LogP contribution in [0.1, 0.15) is 45.1 Å². The summed E-state index contributed by atoms with van der Waals surface area (Å²) in [6.07, 6.45) is 4.23. The molecule has 0 aromatic heterocycles. The second kappa shape index (κ2) is 6.89. The molecule has 0 aliphatic carbocycles. The highest BCUT2D eigenvalue weighted by molar-refractivity contribution is 6.16. The number of rotatable bonds is 6. The molecule has 0 heterocycles. The fourth-order valence-electron chi connectivity index (χ4n) is 1.92. The van der Waals surface area contributed by atoms with Crippen molar-refractivity contribution in [3.63, 3.8) is 0 Å². The van der Waals surface area contributed by atoms with E-state index in [4.69, 9.17) is 0 Å². The lowest BCUT2D eigenvalue weighted by atomic mass is 9.97. The summed E-state index contributed by atoms with van der Waals surface area (Å²) in [5.41, 5.74) is 2.23. The van der Waals surface area contributed by atoms with E-state index in [2.05, 4.69) is 6.92 Å². The minimum atomic E-state index is -0.829. The molecule has 0 fully saturated rings. The maximum atomic E-state index is 11.3. The van der Waals surface area contributed by atoms with Crippen LogP contribution in [-0.4, -0.2) is 11.1 Å². The normalized spacial score (nSPS) is 12.1. The van der Waals surface area contributed by atoms with Gasteiger partial charge in [0.2, 0.25) is 0 Å². The van der Waals surface area contributed by atoms with Gasteiger partial charge in [0.05, 0.1) is 5.57 Å². The van der Waals surface area contributed by atoms with Crippen LogP contribution in [0.5, 0.6) is 0 Å². The van der Waals surface area contributed by atoms with Gasteiger partial charge in [-0.25, -0.2) is 4.79 Å².